The fraction of sp³-hybridized carbons (Fsp3) is 0.727. The second-order valence-electron chi connectivity index (χ2n) is 3.55. The number of rotatable bonds is 4. The van der Waals surface area contributed by atoms with Crippen molar-refractivity contribution in [3.05, 3.63) is 11.6 Å². The maximum absolute atomic E-state index is 10.5. The summed E-state index contributed by atoms with van der Waals surface area (Å²) in [5.74, 6) is 0. The first-order valence-corrected chi connectivity index (χ1v) is 5.20. The molecule has 0 saturated carbocycles. The highest BCUT2D eigenvalue weighted by Gasteiger charge is 2.18. The van der Waals surface area contributed by atoms with Crippen molar-refractivity contribution in [2.75, 3.05) is 13.1 Å². The third kappa shape index (κ3) is 2.66. The lowest BCUT2D eigenvalue weighted by Crippen LogP contribution is -2.35. The predicted octanol–water partition coefficient (Wildman–Crippen LogP) is 2.01. The summed E-state index contributed by atoms with van der Waals surface area (Å²) in [6, 6.07) is 0.665. The zero-order chi connectivity index (χ0) is 9.68. The van der Waals surface area contributed by atoms with Crippen LogP contribution in [0.15, 0.2) is 11.6 Å². The Balaban J connectivity index is 2.48. The number of aldehydes is 1. The minimum atomic E-state index is 0.665. The average molecular weight is 181 g/mol. The summed E-state index contributed by atoms with van der Waals surface area (Å²) in [5, 5.41) is 0. The molecule has 0 aromatic rings. The molecule has 0 fully saturated rings. The molecular formula is C11H19NO. The molecule has 13 heavy (non-hydrogen) atoms. The van der Waals surface area contributed by atoms with Crippen LogP contribution in [0.5, 0.6) is 0 Å². The number of hydrogen-bond donors (Lipinski definition) is 0. The zero-order valence-electron chi connectivity index (χ0n) is 8.62. The van der Waals surface area contributed by atoms with Crippen LogP contribution in [0, 0.1) is 0 Å². The first kappa shape index (κ1) is 10.5. The standard InChI is InChI=1S/C11H19NO/c1-3-12(4-2)11-7-5-10(9-13)6-8-11/h5,9,11H,3-4,6-8H2,1-2H3. The Kier molecular flexibility index (Phi) is 4.16. The van der Waals surface area contributed by atoms with Crippen LogP contribution in [0.1, 0.15) is 33.1 Å². The minimum absolute atomic E-state index is 0.665. The molecule has 1 rings (SSSR count). The fourth-order valence-electron chi connectivity index (χ4n) is 2.02. The van der Waals surface area contributed by atoms with Gasteiger partial charge in [0.05, 0.1) is 0 Å². The van der Waals surface area contributed by atoms with Crippen molar-refractivity contribution in [2.24, 2.45) is 0 Å². The van der Waals surface area contributed by atoms with E-state index in [0.717, 1.165) is 44.2 Å². The molecule has 0 aromatic carbocycles. The molecule has 1 aliphatic rings. The summed E-state index contributed by atoms with van der Waals surface area (Å²) in [7, 11) is 0. The van der Waals surface area contributed by atoms with Crippen LogP contribution in [0.3, 0.4) is 0 Å². The number of carbonyl (C=O) groups excluding carboxylic acids is 1. The molecule has 0 saturated heterocycles. The molecule has 0 bridgehead atoms. The largest absolute Gasteiger partial charge is 0.301 e. The average Bonchev–Trinajstić information content (AvgIpc) is 2.21. The van der Waals surface area contributed by atoms with Gasteiger partial charge >= 0.3 is 0 Å². The Morgan fingerprint density at radius 2 is 2.23 bits per heavy atom. The molecule has 1 unspecified atom stereocenters. The normalized spacial score (nSPS) is 23.0. The molecule has 1 atom stereocenters. The Hall–Kier alpha value is -0.630. The van der Waals surface area contributed by atoms with Crippen molar-refractivity contribution < 1.29 is 4.79 Å². The molecule has 2 nitrogen and oxygen atoms in total. The van der Waals surface area contributed by atoms with Crippen molar-refractivity contribution in [2.45, 2.75) is 39.2 Å². The van der Waals surface area contributed by atoms with E-state index >= 15 is 0 Å². The second kappa shape index (κ2) is 5.18. The highest BCUT2D eigenvalue weighted by Crippen LogP contribution is 2.20. The monoisotopic (exact) mass is 181 g/mol. The van der Waals surface area contributed by atoms with E-state index in [9.17, 15) is 4.79 Å². The van der Waals surface area contributed by atoms with Crippen molar-refractivity contribution in [1.29, 1.82) is 0 Å². The van der Waals surface area contributed by atoms with Gasteiger partial charge in [0, 0.05) is 6.04 Å². The van der Waals surface area contributed by atoms with E-state index in [4.69, 9.17) is 0 Å². The molecule has 0 aliphatic heterocycles. The molecule has 0 spiro atoms. The van der Waals surface area contributed by atoms with E-state index < -0.39 is 0 Å². The van der Waals surface area contributed by atoms with Gasteiger partial charge in [0.2, 0.25) is 0 Å². The summed E-state index contributed by atoms with van der Waals surface area (Å²) >= 11 is 0. The van der Waals surface area contributed by atoms with Gasteiger partial charge in [0.25, 0.3) is 0 Å². The Morgan fingerprint density at radius 3 is 2.62 bits per heavy atom. The van der Waals surface area contributed by atoms with Crippen molar-refractivity contribution in [3.63, 3.8) is 0 Å². The Labute approximate surface area is 80.6 Å². The Morgan fingerprint density at radius 1 is 1.54 bits per heavy atom. The van der Waals surface area contributed by atoms with Crippen LogP contribution in [0.2, 0.25) is 0 Å². The summed E-state index contributed by atoms with van der Waals surface area (Å²) < 4.78 is 0. The van der Waals surface area contributed by atoms with Gasteiger partial charge in [-0.05, 0) is 37.9 Å². The number of hydrogen-bond acceptors (Lipinski definition) is 2. The molecule has 1 aliphatic carbocycles. The molecular weight excluding hydrogens is 162 g/mol. The SMILES string of the molecule is CCN(CC)C1CC=C(C=O)CC1. The minimum Gasteiger partial charge on any atom is -0.301 e. The van der Waals surface area contributed by atoms with Gasteiger partial charge in [-0.1, -0.05) is 19.9 Å². The molecule has 0 heterocycles. The van der Waals surface area contributed by atoms with Gasteiger partial charge in [0.1, 0.15) is 6.29 Å². The van der Waals surface area contributed by atoms with Crippen LogP contribution in [0.4, 0.5) is 0 Å². The molecule has 0 aromatic heterocycles. The van der Waals surface area contributed by atoms with Gasteiger partial charge in [0.15, 0.2) is 0 Å². The molecule has 0 radical (unpaired) electrons. The lowest BCUT2D eigenvalue weighted by molar-refractivity contribution is -0.105. The first-order chi connectivity index (χ1) is 6.31. The summed E-state index contributed by atoms with van der Waals surface area (Å²) in [5.41, 5.74) is 0.989. The molecule has 0 amide bonds. The van der Waals surface area contributed by atoms with Crippen LogP contribution >= 0.6 is 0 Å². The zero-order valence-corrected chi connectivity index (χ0v) is 8.62. The van der Waals surface area contributed by atoms with E-state index in [1.807, 2.05) is 0 Å². The Bertz CT molecular complexity index is 194. The van der Waals surface area contributed by atoms with E-state index in [1.165, 1.54) is 0 Å². The van der Waals surface area contributed by atoms with Crippen LogP contribution < -0.4 is 0 Å². The highest BCUT2D eigenvalue weighted by molar-refractivity contribution is 5.73. The van der Waals surface area contributed by atoms with Crippen molar-refractivity contribution in [3.8, 4) is 0 Å². The van der Waals surface area contributed by atoms with Gasteiger partial charge < -0.3 is 4.90 Å². The number of allylic oxidation sites excluding steroid dienone is 1. The van der Waals surface area contributed by atoms with E-state index in [1.54, 1.807) is 0 Å². The maximum Gasteiger partial charge on any atom is 0.145 e. The van der Waals surface area contributed by atoms with Gasteiger partial charge in [-0.3, -0.25) is 4.79 Å². The summed E-state index contributed by atoms with van der Waals surface area (Å²) in [4.78, 5) is 13.0. The van der Waals surface area contributed by atoms with Crippen LogP contribution in [0.25, 0.3) is 0 Å². The van der Waals surface area contributed by atoms with Gasteiger partial charge in [-0.25, -0.2) is 0 Å². The first-order valence-electron chi connectivity index (χ1n) is 5.20. The fourth-order valence-corrected chi connectivity index (χ4v) is 2.02. The van der Waals surface area contributed by atoms with Crippen molar-refractivity contribution in [1.82, 2.24) is 4.90 Å². The quantitative estimate of drug-likeness (QED) is 0.618. The van der Waals surface area contributed by atoms with Crippen LogP contribution in [-0.2, 0) is 4.79 Å². The summed E-state index contributed by atoms with van der Waals surface area (Å²) in [6.45, 7) is 6.63. The molecule has 0 N–H and O–H groups in total. The van der Waals surface area contributed by atoms with Crippen molar-refractivity contribution >= 4 is 6.29 Å². The van der Waals surface area contributed by atoms with Crippen LogP contribution in [-0.4, -0.2) is 30.3 Å². The van der Waals surface area contributed by atoms with E-state index in [-0.39, 0.29) is 0 Å². The lowest BCUT2D eigenvalue weighted by atomic mass is 9.95. The van der Waals surface area contributed by atoms with E-state index in [0.29, 0.717) is 6.04 Å². The maximum atomic E-state index is 10.5. The smallest absolute Gasteiger partial charge is 0.145 e. The van der Waals surface area contributed by atoms with Gasteiger partial charge in [-0.15, -0.1) is 0 Å². The third-order valence-corrected chi connectivity index (χ3v) is 2.90. The topological polar surface area (TPSA) is 20.3 Å². The van der Waals surface area contributed by atoms with Gasteiger partial charge in [-0.2, -0.15) is 0 Å². The predicted molar refractivity (Wildman–Crippen MR) is 54.7 cm³/mol. The second-order valence-corrected chi connectivity index (χ2v) is 3.55. The highest BCUT2D eigenvalue weighted by atomic mass is 16.1. The van der Waals surface area contributed by atoms with E-state index in [2.05, 4.69) is 24.8 Å². The summed E-state index contributed by atoms with van der Waals surface area (Å²) in [6.07, 6.45) is 6.25. The number of nitrogens with zero attached hydrogens (tertiary/aromatic N) is 1. The molecule has 2 heteroatoms. The third-order valence-electron chi connectivity index (χ3n) is 2.90. The lowest BCUT2D eigenvalue weighted by Gasteiger charge is -2.31. The molecule has 74 valence electrons. The number of carbonyl (C=O) groups is 1.